The highest BCUT2D eigenvalue weighted by Crippen LogP contribution is 2.21. The molecule has 5 nitrogen and oxygen atoms in total. The van der Waals surface area contributed by atoms with E-state index in [-0.39, 0.29) is 23.8 Å². The van der Waals surface area contributed by atoms with Crippen molar-refractivity contribution in [3.63, 3.8) is 0 Å². The third kappa shape index (κ3) is 6.56. The lowest BCUT2D eigenvalue weighted by molar-refractivity contribution is -0.130. The van der Waals surface area contributed by atoms with Crippen molar-refractivity contribution in [2.75, 3.05) is 18.4 Å². The highest BCUT2D eigenvalue weighted by atomic mass is 16.5. The molecular weight excluding hydrogens is 376 g/mol. The Morgan fingerprint density at radius 2 is 1.83 bits per heavy atom. The Hall–Kier alpha value is -2.92. The van der Waals surface area contributed by atoms with E-state index >= 15 is 0 Å². The number of carbonyl (C=O) groups excluding carboxylic acids is 2. The molecule has 1 N–H and O–H groups in total. The summed E-state index contributed by atoms with van der Waals surface area (Å²) in [5.41, 5.74) is 2.82. The lowest BCUT2D eigenvalue weighted by Gasteiger charge is -2.30. The Labute approximate surface area is 178 Å². The molecule has 2 aromatic rings. The fraction of sp³-hybridized carbons (Fsp3) is 0.360. The fourth-order valence-corrected chi connectivity index (χ4v) is 3.45. The van der Waals surface area contributed by atoms with Crippen LogP contribution < -0.4 is 5.32 Å². The maximum atomic E-state index is 12.7. The molecule has 158 valence electrons. The molecule has 0 aliphatic carbocycles. The van der Waals surface area contributed by atoms with Gasteiger partial charge < -0.3 is 15.0 Å². The van der Waals surface area contributed by atoms with Crippen molar-refractivity contribution >= 4 is 23.6 Å². The summed E-state index contributed by atoms with van der Waals surface area (Å²) < 4.78 is 5.63. The molecule has 0 atom stereocenters. The lowest BCUT2D eigenvalue weighted by Crippen LogP contribution is -2.40. The Morgan fingerprint density at radius 3 is 2.53 bits per heavy atom. The average Bonchev–Trinajstić information content (AvgIpc) is 2.77. The number of nitrogens with one attached hydrogen (secondary N) is 1. The normalized spacial score (nSPS) is 15.0. The Kier molecular flexibility index (Phi) is 7.80. The van der Waals surface area contributed by atoms with Gasteiger partial charge in [0, 0.05) is 30.8 Å². The smallest absolute Gasteiger partial charge is 0.246 e. The monoisotopic (exact) mass is 406 g/mol. The van der Waals surface area contributed by atoms with Gasteiger partial charge in [0.1, 0.15) is 0 Å². The molecule has 0 saturated carbocycles. The number of carbonyl (C=O) groups is 2. The Morgan fingerprint density at radius 1 is 1.10 bits per heavy atom. The van der Waals surface area contributed by atoms with Gasteiger partial charge in [0.15, 0.2) is 0 Å². The fourth-order valence-electron chi connectivity index (χ4n) is 3.45. The summed E-state index contributed by atoms with van der Waals surface area (Å²) in [7, 11) is 0. The summed E-state index contributed by atoms with van der Waals surface area (Å²) in [6, 6.07) is 17.5. The van der Waals surface area contributed by atoms with Crippen LogP contribution in [-0.2, 0) is 20.9 Å². The first-order valence-electron chi connectivity index (χ1n) is 10.5. The van der Waals surface area contributed by atoms with E-state index in [1.54, 1.807) is 6.08 Å². The third-order valence-electron chi connectivity index (χ3n) is 5.17. The number of nitrogens with zero attached hydrogens (tertiary/aromatic N) is 1. The largest absolute Gasteiger partial charge is 0.374 e. The van der Waals surface area contributed by atoms with Crippen molar-refractivity contribution in [2.45, 2.75) is 39.4 Å². The van der Waals surface area contributed by atoms with E-state index in [9.17, 15) is 9.59 Å². The maximum absolute atomic E-state index is 12.7. The van der Waals surface area contributed by atoms with Crippen molar-refractivity contribution in [1.29, 1.82) is 0 Å². The predicted molar refractivity (Wildman–Crippen MR) is 120 cm³/mol. The summed E-state index contributed by atoms with van der Waals surface area (Å²) in [4.78, 5) is 26.9. The van der Waals surface area contributed by atoms with Crippen LogP contribution in [0.4, 0.5) is 5.69 Å². The summed E-state index contributed by atoms with van der Waals surface area (Å²) in [6.07, 6.45) is 4.95. The van der Waals surface area contributed by atoms with Crippen molar-refractivity contribution in [1.82, 2.24) is 4.90 Å². The van der Waals surface area contributed by atoms with Gasteiger partial charge in [0.2, 0.25) is 11.8 Å². The molecule has 1 fully saturated rings. The van der Waals surface area contributed by atoms with Crippen LogP contribution in [0, 0.1) is 5.92 Å². The van der Waals surface area contributed by atoms with Crippen molar-refractivity contribution in [2.24, 2.45) is 5.92 Å². The summed E-state index contributed by atoms with van der Waals surface area (Å²) >= 11 is 0. The zero-order chi connectivity index (χ0) is 21.3. The minimum absolute atomic E-state index is 0.00411. The Bertz CT molecular complexity index is 869. The summed E-state index contributed by atoms with van der Waals surface area (Å²) in [5.74, 6) is -0.0675. The van der Waals surface area contributed by atoms with Crippen LogP contribution in [0.15, 0.2) is 60.7 Å². The Balaban J connectivity index is 1.47. The number of hydrogen-bond acceptors (Lipinski definition) is 3. The van der Waals surface area contributed by atoms with Crippen molar-refractivity contribution in [3.8, 4) is 0 Å². The number of benzene rings is 2. The van der Waals surface area contributed by atoms with E-state index in [2.05, 4.69) is 5.32 Å². The van der Waals surface area contributed by atoms with E-state index in [0.717, 1.165) is 16.8 Å². The molecule has 2 amide bonds. The number of anilines is 1. The van der Waals surface area contributed by atoms with Gasteiger partial charge in [-0.25, -0.2) is 0 Å². The van der Waals surface area contributed by atoms with E-state index in [1.165, 1.54) is 0 Å². The first-order valence-corrected chi connectivity index (χ1v) is 10.5. The van der Waals surface area contributed by atoms with Crippen LogP contribution in [0.2, 0.25) is 0 Å². The highest BCUT2D eigenvalue weighted by Gasteiger charge is 2.26. The van der Waals surface area contributed by atoms with E-state index in [1.807, 2.05) is 79.4 Å². The summed E-state index contributed by atoms with van der Waals surface area (Å²) in [6.45, 7) is 5.72. The van der Waals surface area contributed by atoms with Gasteiger partial charge in [-0.15, -0.1) is 0 Å². The van der Waals surface area contributed by atoms with Crippen LogP contribution >= 0.6 is 0 Å². The van der Waals surface area contributed by atoms with Gasteiger partial charge >= 0.3 is 0 Å². The zero-order valence-corrected chi connectivity index (χ0v) is 17.7. The van der Waals surface area contributed by atoms with Gasteiger partial charge in [0.25, 0.3) is 0 Å². The molecule has 1 heterocycles. The van der Waals surface area contributed by atoms with Crippen LogP contribution in [0.5, 0.6) is 0 Å². The second-order valence-electron chi connectivity index (χ2n) is 7.89. The maximum Gasteiger partial charge on any atom is 0.246 e. The molecule has 3 rings (SSSR count). The third-order valence-corrected chi connectivity index (χ3v) is 5.17. The first kappa shape index (κ1) is 21.8. The topological polar surface area (TPSA) is 58.6 Å². The van der Waals surface area contributed by atoms with Crippen molar-refractivity contribution in [3.05, 3.63) is 71.8 Å². The van der Waals surface area contributed by atoms with Gasteiger partial charge in [0.05, 0.1) is 12.7 Å². The molecule has 0 unspecified atom stereocenters. The molecule has 0 spiro atoms. The van der Waals surface area contributed by atoms with Crippen molar-refractivity contribution < 1.29 is 14.3 Å². The SMILES string of the molecule is CC(C)OCc1cccc(NC(=O)C2CCN(C(=O)/C=C/c3ccccc3)CC2)c1. The van der Waals surface area contributed by atoms with Gasteiger partial charge in [-0.2, -0.15) is 0 Å². The van der Waals surface area contributed by atoms with E-state index in [4.69, 9.17) is 4.74 Å². The second-order valence-corrected chi connectivity index (χ2v) is 7.89. The number of rotatable bonds is 7. The molecule has 30 heavy (non-hydrogen) atoms. The zero-order valence-electron chi connectivity index (χ0n) is 17.7. The number of hydrogen-bond donors (Lipinski definition) is 1. The van der Waals surface area contributed by atoms with Crippen LogP contribution in [0.1, 0.15) is 37.8 Å². The van der Waals surface area contributed by atoms with Crippen LogP contribution in [-0.4, -0.2) is 35.9 Å². The number of ether oxygens (including phenoxy) is 1. The average molecular weight is 407 g/mol. The lowest BCUT2D eigenvalue weighted by atomic mass is 9.95. The first-order chi connectivity index (χ1) is 14.5. The van der Waals surface area contributed by atoms with Gasteiger partial charge in [-0.3, -0.25) is 9.59 Å². The van der Waals surface area contributed by atoms with Crippen LogP contribution in [0.25, 0.3) is 6.08 Å². The summed E-state index contributed by atoms with van der Waals surface area (Å²) in [5, 5.41) is 3.02. The number of amides is 2. The number of likely N-dealkylation sites (tertiary alicyclic amines) is 1. The standard InChI is InChI=1S/C25H30N2O3/c1-19(2)30-18-21-9-6-10-23(17-21)26-25(29)22-13-15-27(16-14-22)24(28)12-11-20-7-4-3-5-8-20/h3-12,17,19,22H,13-16,18H2,1-2H3,(H,26,29)/b12-11+. The van der Waals surface area contributed by atoms with Gasteiger partial charge in [-0.1, -0.05) is 42.5 Å². The molecular formula is C25H30N2O3. The minimum Gasteiger partial charge on any atom is -0.374 e. The molecule has 5 heteroatoms. The molecule has 1 aliphatic heterocycles. The van der Waals surface area contributed by atoms with Gasteiger partial charge in [-0.05, 0) is 56.0 Å². The molecule has 1 aliphatic rings. The minimum atomic E-state index is -0.0808. The van der Waals surface area contributed by atoms with E-state index < -0.39 is 0 Å². The quantitative estimate of drug-likeness (QED) is 0.689. The van der Waals surface area contributed by atoms with Crippen LogP contribution in [0.3, 0.4) is 0 Å². The molecule has 0 aromatic heterocycles. The molecule has 0 radical (unpaired) electrons. The number of piperidine rings is 1. The van der Waals surface area contributed by atoms with E-state index in [0.29, 0.717) is 32.5 Å². The predicted octanol–water partition coefficient (Wildman–Crippen LogP) is 4.50. The second kappa shape index (κ2) is 10.7. The molecule has 0 bridgehead atoms. The molecule has 2 aromatic carbocycles. The highest BCUT2D eigenvalue weighted by molar-refractivity contribution is 5.94. The molecule has 1 saturated heterocycles.